The maximum Gasteiger partial charge on any atom is 0.212 e. The molecule has 16 heavy (non-hydrogen) atoms. The number of anilines is 1. The molecule has 0 aromatic heterocycles. The van der Waals surface area contributed by atoms with Gasteiger partial charge in [-0.3, -0.25) is 5.43 Å². The second-order valence-corrected chi connectivity index (χ2v) is 4.53. The highest BCUT2D eigenvalue weighted by Gasteiger charge is 2.21. The van der Waals surface area contributed by atoms with Crippen molar-refractivity contribution >= 4 is 17.3 Å². The lowest BCUT2D eigenvalue weighted by molar-refractivity contribution is 0.628. The molecule has 3 rings (SSSR count). The molecule has 0 amide bonds. The molecule has 2 aliphatic rings. The van der Waals surface area contributed by atoms with E-state index < -0.39 is 0 Å². The number of guanidine groups is 1. The highest BCUT2D eigenvalue weighted by atomic mass is 16.5. The summed E-state index contributed by atoms with van der Waals surface area (Å²) in [6.45, 7) is 2.21. The maximum atomic E-state index is 11.6. The van der Waals surface area contributed by atoms with Gasteiger partial charge in [0.1, 0.15) is 0 Å². The number of nitrogens with zero attached hydrogens (tertiary/aromatic N) is 2. The van der Waals surface area contributed by atoms with E-state index >= 15 is 0 Å². The van der Waals surface area contributed by atoms with Gasteiger partial charge in [-0.05, 0) is 42.0 Å². The van der Waals surface area contributed by atoms with E-state index in [1.165, 1.54) is 11.1 Å². The molecule has 1 unspecified atom stereocenters. The summed E-state index contributed by atoms with van der Waals surface area (Å²) in [7, 11) is 0. The molecule has 0 radical (unpaired) electrons. The molecule has 84 valence electrons. The van der Waals surface area contributed by atoms with Gasteiger partial charge in [-0.15, -0.1) is 0 Å². The predicted molar refractivity (Wildman–Crippen MR) is 63.3 cm³/mol. The summed E-state index contributed by atoms with van der Waals surface area (Å²) in [5.74, 6) is 0.793. The van der Waals surface area contributed by atoms with Gasteiger partial charge in [0, 0.05) is 0 Å². The van der Waals surface area contributed by atoms with Gasteiger partial charge in [0.2, 0.25) is 5.96 Å². The standard InChI is InChI=1S/C11H13N4O/c1-6-2-7-4-9-10(5-8(7)3-6)15(16)14-11(12)13-9/h4-6H,2-3H2,1H3,(H3,12,13,14)/q-1. The van der Waals surface area contributed by atoms with E-state index in [-0.39, 0.29) is 5.96 Å². The van der Waals surface area contributed by atoms with Gasteiger partial charge in [0.25, 0.3) is 0 Å². The van der Waals surface area contributed by atoms with Gasteiger partial charge < -0.3 is 16.1 Å². The van der Waals surface area contributed by atoms with Gasteiger partial charge >= 0.3 is 0 Å². The monoisotopic (exact) mass is 217 g/mol. The van der Waals surface area contributed by atoms with Crippen molar-refractivity contribution in [2.45, 2.75) is 19.8 Å². The van der Waals surface area contributed by atoms with Gasteiger partial charge in [-0.25, -0.2) is 4.99 Å². The van der Waals surface area contributed by atoms with Crippen molar-refractivity contribution in [2.75, 3.05) is 5.17 Å². The van der Waals surface area contributed by atoms with Crippen LogP contribution >= 0.6 is 0 Å². The summed E-state index contributed by atoms with van der Waals surface area (Å²) in [5, 5.41) is 12.3. The fourth-order valence-corrected chi connectivity index (χ4v) is 2.44. The van der Waals surface area contributed by atoms with Crippen LogP contribution in [0.2, 0.25) is 0 Å². The van der Waals surface area contributed by atoms with Crippen molar-refractivity contribution in [3.63, 3.8) is 0 Å². The Bertz CT molecular complexity index is 483. The topological polar surface area (TPSA) is 76.7 Å². The number of hydrazine groups is 1. The quantitative estimate of drug-likeness (QED) is 0.684. The largest absolute Gasteiger partial charge is 0.739 e. The minimum Gasteiger partial charge on any atom is -0.739 e. The summed E-state index contributed by atoms with van der Waals surface area (Å²) < 4.78 is 0. The third kappa shape index (κ3) is 1.32. The van der Waals surface area contributed by atoms with Crippen molar-refractivity contribution in [2.24, 2.45) is 16.6 Å². The third-order valence-electron chi connectivity index (χ3n) is 3.11. The number of hydrogen-bond donors (Lipinski definition) is 2. The molecule has 1 atom stereocenters. The van der Waals surface area contributed by atoms with E-state index in [4.69, 9.17) is 5.73 Å². The Kier molecular flexibility index (Phi) is 1.85. The molecule has 0 saturated heterocycles. The smallest absolute Gasteiger partial charge is 0.212 e. The first kappa shape index (κ1) is 9.47. The first-order valence-electron chi connectivity index (χ1n) is 5.37. The van der Waals surface area contributed by atoms with Crippen LogP contribution in [0.3, 0.4) is 0 Å². The molecule has 0 fully saturated rings. The Hall–Kier alpha value is -1.75. The summed E-state index contributed by atoms with van der Waals surface area (Å²) in [6, 6.07) is 3.90. The van der Waals surface area contributed by atoms with E-state index in [0.717, 1.165) is 12.8 Å². The number of rotatable bonds is 0. The fourth-order valence-electron chi connectivity index (χ4n) is 2.44. The molecule has 5 heteroatoms. The average molecular weight is 217 g/mol. The fraction of sp³-hybridized carbons (Fsp3) is 0.364. The molecule has 1 aliphatic heterocycles. The number of aliphatic imine (C=N–C) groups is 1. The lowest BCUT2D eigenvalue weighted by Crippen LogP contribution is -2.44. The number of nitrogens with one attached hydrogen (secondary N) is 1. The zero-order valence-electron chi connectivity index (χ0n) is 9.03. The van der Waals surface area contributed by atoms with Crippen LogP contribution < -0.4 is 16.3 Å². The lowest BCUT2D eigenvalue weighted by atomic mass is 10.1. The molecule has 1 aromatic rings. The lowest BCUT2D eigenvalue weighted by Gasteiger charge is -2.35. The third-order valence-corrected chi connectivity index (χ3v) is 3.11. The van der Waals surface area contributed by atoms with Crippen LogP contribution in [0, 0.1) is 11.1 Å². The molecule has 3 N–H and O–H groups in total. The van der Waals surface area contributed by atoms with Gasteiger partial charge in [0.15, 0.2) is 0 Å². The normalized spacial score (nSPS) is 22.2. The predicted octanol–water partition coefficient (Wildman–Crippen LogP) is 1.19. The molecule has 1 aromatic carbocycles. The molecular formula is C11H13N4O-. The van der Waals surface area contributed by atoms with Crippen LogP contribution in [-0.2, 0) is 12.8 Å². The molecular weight excluding hydrogens is 204 g/mol. The maximum absolute atomic E-state index is 11.6. The second-order valence-electron chi connectivity index (χ2n) is 4.53. The van der Waals surface area contributed by atoms with Gasteiger partial charge in [-0.2, -0.15) is 0 Å². The Balaban J connectivity index is 2.13. The van der Waals surface area contributed by atoms with E-state index in [2.05, 4.69) is 17.3 Å². The Morgan fingerprint density at radius 2 is 2.12 bits per heavy atom. The number of fused-ring (bicyclic) bond motifs is 2. The Morgan fingerprint density at radius 1 is 1.44 bits per heavy atom. The zero-order valence-corrected chi connectivity index (χ0v) is 9.03. The Morgan fingerprint density at radius 3 is 2.88 bits per heavy atom. The molecule has 1 aliphatic carbocycles. The van der Waals surface area contributed by atoms with Crippen LogP contribution in [0.5, 0.6) is 0 Å². The van der Waals surface area contributed by atoms with Crippen molar-refractivity contribution in [1.82, 2.24) is 5.43 Å². The van der Waals surface area contributed by atoms with E-state index in [1.54, 1.807) is 0 Å². The highest BCUT2D eigenvalue weighted by molar-refractivity contribution is 5.89. The van der Waals surface area contributed by atoms with Crippen molar-refractivity contribution in [1.29, 1.82) is 0 Å². The number of nitrogens with two attached hydrogens (primary N) is 1. The molecule has 0 spiro atoms. The molecule has 1 heterocycles. The molecule has 5 nitrogen and oxygen atoms in total. The molecule has 0 bridgehead atoms. The van der Waals surface area contributed by atoms with Crippen LogP contribution in [0.4, 0.5) is 11.4 Å². The van der Waals surface area contributed by atoms with Crippen molar-refractivity contribution < 1.29 is 0 Å². The highest BCUT2D eigenvalue weighted by Crippen LogP contribution is 2.37. The van der Waals surface area contributed by atoms with Crippen LogP contribution in [0.25, 0.3) is 0 Å². The second kappa shape index (κ2) is 3.12. The van der Waals surface area contributed by atoms with E-state index in [0.29, 0.717) is 22.5 Å². The van der Waals surface area contributed by atoms with E-state index in [9.17, 15) is 5.21 Å². The van der Waals surface area contributed by atoms with Crippen molar-refractivity contribution in [3.05, 3.63) is 28.5 Å². The average Bonchev–Trinajstić information content (AvgIpc) is 2.54. The minimum atomic E-state index is 0.147. The summed E-state index contributed by atoms with van der Waals surface area (Å²) in [6.07, 6.45) is 2.10. The summed E-state index contributed by atoms with van der Waals surface area (Å²) >= 11 is 0. The number of hydrogen-bond acceptors (Lipinski definition) is 5. The zero-order chi connectivity index (χ0) is 11.3. The first-order valence-corrected chi connectivity index (χ1v) is 5.37. The SMILES string of the molecule is CC1Cc2cc3c(cc2C1)N([O-])NC(N)=N3. The Labute approximate surface area is 93.5 Å². The molecule has 0 saturated carbocycles. The summed E-state index contributed by atoms with van der Waals surface area (Å²) in [4.78, 5) is 4.14. The van der Waals surface area contributed by atoms with Crippen LogP contribution in [0.1, 0.15) is 18.1 Å². The van der Waals surface area contributed by atoms with Gasteiger partial charge in [-0.1, -0.05) is 6.92 Å². The summed E-state index contributed by atoms with van der Waals surface area (Å²) in [5.41, 5.74) is 11.7. The van der Waals surface area contributed by atoms with Crippen LogP contribution in [-0.4, -0.2) is 5.96 Å². The van der Waals surface area contributed by atoms with E-state index in [1.807, 2.05) is 12.1 Å². The van der Waals surface area contributed by atoms with Gasteiger partial charge in [0.05, 0.1) is 11.4 Å². The number of benzene rings is 1. The van der Waals surface area contributed by atoms with Crippen LogP contribution in [0.15, 0.2) is 17.1 Å². The van der Waals surface area contributed by atoms with Crippen molar-refractivity contribution in [3.8, 4) is 0 Å². The minimum absolute atomic E-state index is 0.147. The first-order chi connectivity index (χ1) is 7.63.